The van der Waals surface area contributed by atoms with E-state index in [1.165, 1.54) is 30.3 Å². The molecule has 0 bridgehead atoms. The Labute approximate surface area is 198 Å². The third-order valence-corrected chi connectivity index (χ3v) is 5.57. The molecule has 1 aliphatic rings. The molecule has 4 aromatic rings. The summed E-state index contributed by atoms with van der Waals surface area (Å²) in [7, 11) is 0. The highest BCUT2D eigenvalue weighted by Gasteiger charge is 2.24. The van der Waals surface area contributed by atoms with Gasteiger partial charge in [0.1, 0.15) is 5.82 Å². The summed E-state index contributed by atoms with van der Waals surface area (Å²) in [6, 6.07) is 16.9. The molecule has 0 atom stereocenters. The number of carboxylic acid groups (broad SMARTS) is 2. The molecule has 2 heterocycles. The van der Waals surface area contributed by atoms with Crippen LogP contribution in [0.1, 0.15) is 37.4 Å². The number of benzene rings is 3. The molecule has 5 rings (SSSR count). The average Bonchev–Trinajstić information content (AvgIpc) is 3.01. The molecule has 0 unspecified atom stereocenters. The molecule has 0 spiro atoms. The minimum atomic E-state index is -1.11. The van der Waals surface area contributed by atoms with E-state index in [2.05, 4.69) is 20.3 Å². The number of halogens is 1. The van der Waals surface area contributed by atoms with Crippen LogP contribution in [0.4, 0.5) is 16.0 Å². The Morgan fingerprint density at radius 2 is 1.57 bits per heavy atom. The van der Waals surface area contributed by atoms with Gasteiger partial charge in [0.2, 0.25) is 5.95 Å². The topological polar surface area (TPSA) is 125 Å². The Balaban J connectivity index is 1.61. The van der Waals surface area contributed by atoms with Crippen molar-refractivity contribution >= 4 is 29.3 Å². The van der Waals surface area contributed by atoms with Crippen LogP contribution in [0.3, 0.4) is 0 Å². The molecule has 9 heteroatoms. The maximum Gasteiger partial charge on any atom is 0.335 e. The predicted molar refractivity (Wildman–Crippen MR) is 127 cm³/mol. The molecule has 1 aromatic heterocycles. The molecule has 0 saturated carbocycles. The van der Waals surface area contributed by atoms with Crippen molar-refractivity contribution in [2.24, 2.45) is 4.99 Å². The van der Waals surface area contributed by atoms with Crippen LogP contribution in [0.2, 0.25) is 0 Å². The number of carbonyl (C=O) groups is 2. The van der Waals surface area contributed by atoms with E-state index in [1.807, 2.05) is 0 Å². The van der Waals surface area contributed by atoms with Gasteiger partial charge < -0.3 is 15.5 Å². The van der Waals surface area contributed by atoms with E-state index >= 15 is 0 Å². The van der Waals surface area contributed by atoms with Gasteiger partial charge in [-0.15, -0.1) is 0 Å². The van der Waals surface area contributed by atoms with Gasteiger partial charge in [0, 0.05) is 34.1 Å². The summed E-state index contributed by atoms with van der Waals surface area (Å²) in [6.45, 7) is 0.170. The van der Waals surface area contributed by atoms with Crippen LogP contribution < -0.4 is 5.32 Å². The molecule has 0 aliphatic carbocycles. The second-order valence-electron chi connectivity index (χ2n) is 7.79. The van der Waals surface area contributed by atoms with Crippen molar-refractivity contribution in [3.05, 3.63) is 107 Å². The van der Waals surface area contributed by atoms with Crippen LogP contribution in [0.5, 0.6) is 0 Å². The average molecular weight is 468 g/mol. The fourth-order valence-corrected chi connectivity index (χ4v) is 3.85. The Bertz CT molecular complexity index is 1520. The maximum atomic E-state index is 14.7. The number of carboxylic acids is 2. The fraction of sp³-hybridized carbons (Fsp3) is 0.0385. The Hall–Kier alpha value is -4.92. The lowest BCUT2D eigenvalue weighted by Gasteiger charge is -2.13. The minimum Gasteiger partial charge on any atom is -0.478 e. The van der Waals surface area contributed by atoms with Crippen molar-refractivity contribution in [1.29, 1.82) is 0 Å². The number of aliphatic imine (C=N–C) groups is 1. The molecule has 1 aliphatic heterocycles. The number of hydrogen-bond donors (Lipinski definition) is 3. The quantitative estimate of drug-likeness (QED) is 0.385. The van der Waals surface area contributed by atoms with Crippen molar-refractivity contribution in [2.45, 2.75) is 6.54 Å². The number of nitrogens with zero attached hydrogens (tertiary/aromatic N) is 3. The molecular weight excluding hydrogens is 451 g/mol. The fourth-order valence-electron chi connectivity index (χ4n) is 3.85. The normalized spacial score (nSPS) is 12.1. The first-order valence-corrected chi connectivity index (χ1v) is 10.5. The zero-order valence-corrected chi connectivity index (χ0v) is 18.1. The Kier molecular flexibility index (Phi) is 5.50. The third kappa shape index (κ3) is 4.22. The highest BCUT2D eigenvalue weighted by molar-refractivity contribution is 6.17. The van der Waals surface area contributed by atoms with Gasteiger partial charge in [-0.3, -0.25) is 4.99 Å². The van der Waals surface area contributed by atoms with Crippen LogP contribution in [0.25, 0.3) is 11.3 Å². The van der Waals surface area contributed by atoms with E-state index in [0.717, 1.165) is 0 Å². The summed E-state index contributed by atoms with van der Waals surface area (Å²) >= 11 is 0. The van der Waals surface area contributed by atoms with E-state index in [1.54, 1.807) is 42.6 Å². The summed E-state index contributed by atoms with van der Waals surface area (Å²) in [5.74, 6) is -2.35. The van der Waals surface area contributed by atoms with Crippen molar-refractivity contribution in [3.8, 4) is 11.3 Å². The lowest BCUT2D eigenvalue weighted by Crippen LogP contribution is -2.09. The summed E-state index contributed by atoms with van der Waals surface area (Å²) in [6.07, 6.45) is 1.61. The number of rotatable bonds is 5. The first-order chi connectivity index (χ1) is 16.9. The van der Waals surface area contributed by atoms with Crippen molar-refractivity contribution in [2.75, 3.05) is 5.32 Å². The van der Waals surface area contributed by atoms with E-state index in [9.17, 15) is 19.1 Å². The number of hydrogen-bond acceptors (Lipinski definition) is 6. The van der Waals surface area contributed by atoms with Gasteiger partial charge in [0.15, 0.2) is 0 Å². The van der Waals surface area contributed by atoms with Gasteiger partial charge in [-0.25, -0.2) is 23.9 Å². The first kappa shape index (κ1) is 21.9. The predicted octanol–water partition coefficient (Wildman–Crippen LogP) is 4.77. The van der Waals surface area contributed by atoms with Crippen molar-refractivity contribution in [3.63, 3.8) is 0 Å². The van der Waals surface area contributed by atoms with Crippen molar-refractivity contribution < 1.29 is 24.2 Å². The van der Waals surface area contributed by atoms with E-state index in [-0.39, 0.29) is 29.2 Å². The highest BCUT2D eigenvalue weighted by Crippen LogP contribution is 2.33. The van der Waals surface area contributed by atoms with Crippen LogP contribution in [-0.4, -0.2) is 37.8 Å². The lowest BCUT2D eigenvalue weighted by molar-refractivity contribution is 0.0686. The first-order valence-electron chi connectivity index (χ1n) is 10.5. The summed E-state index contributed by atoms with van der Waals surface area (Å²) in [5, 5.41) is 21.7. The number of aromatic carboxylic acids is 2. The Morgan fingerprint density at radius 1 is 0.857 bits per heavy atom. The second-order valence-corrected chi connectivity index (χ2v) is 7.79. The molecule has 8 nitrogen and oxygen atoms in total. The number of anilines is 2. The molecule has 0 amide bonds. The van der Waals surface area contributed by atoms with Crippen LogP contribution in [0.15, 0.2) is 77.9 Å². The zero-order valence-electron chi connectivity index (χ0n) is 18.1. The van der Waals surface area contributed by atoms with Gasteiger partial charge in [0.25, 0.3) is 0 Å². The molecule has 0 saturated heterocycles. The van der Waals surface area contributed by atoms with Crippen LogP contribution in [0, 0.1) is 5.82 Å². The molecular formula is C26H17FN4O4. The number of fused-ring (bicyclic) bond motifs is 3. The highest BCUT2D eigenvalue weighted by atomic mass is 19.1. The molecule has 3 N–H and O–H groups in total. The monoisotopic (exact) mass is 468 g/mol. The minimum absolute atomic E-state index is 0.0437. The zero-order chi connectivity index (χ0) is 24.5. The Morgan fingerprint density at radius 3 is 2.29 bits per heavy atom. The summed E-state index contributed by atoms with van der Waals surface area (Å²) < 4.78 is 14.7. The molecule has 172 valence electrons. The van der Waals surface area contributed by atoms with E-state index in [0.29, 0.717) is 33.8 Å². The molecule has 35 heavy (non-hydrogen) atoms. The van der Waals surface area contributed by atoms with E-state index in [4.69, 9.17) is 5.11 Å². The van der Waals surface area contributed by atoms with Gasteiger partial charge in [0.05, 0.1) is 29.1 Å². The number of aromatic nitrogens is 2. The largest absolute Gasteiger partial charge is 0.478 e. The lowest BCUT2D eigenvalue weighted by atomic mass is 9.93. The van der Waals surface area contributed by atoms with Gasteiger partial charge in [-0.1, -0.05) is 18.2 Å². The van der Waals surface area contributed by atoms with Crippen LogP contribution >= 0.6 is 0 Å². The summed E-state index contributed by atoms with van der Waals surface area (Å²) in [4.78, 5) is 36.3. The van der Waals surface area contributed by atoms with Gasteiger partial charge in [-0.05, 0) is 48.5 Å². The summed E-state index contributed by atoms with van der Waals surface area (Å²) in [5.41, 5.74) is 3.64. The van der Waals surface area contributed by atoms with Gasteiger partial charge >= 0.3 is 11.9 Å². The third-order valence-electron chi connectivity index (χ3n) is 5.57. The second kappa shape index (κ2) is 8.79. The van der Waals surface area contributed by atoms with E-state index < -0.39 is 17.8 Å². The smallest absolute Gasteiger partial charge is 0.335 e. The van der Waals surface area contributed by atoms with Gasteiger partial charge in [-0.2, -0.15) is 0 Å². The van der Waals surface area contributed by atoms with Crippen LogP contribution in [-0.2, 0) is 6.54 Å². The molecule has 3 aromatic carbocycles. The molecule has 0 fully saturated rings. The number of nitrogens with one attached hydrogen (secondary N) is 1. The maximum absolute atomic E-state index is 14.7. The van der Waals surface area contributed by atoms with Crippen molar-refractivity contribution in [1.82, 2.24) is 9.97 Å². The molecule has 0 radical (unpaired) electrons. The standard InChI is InChI=1S/C26H17FN4O4/c27-21-4-2-1-3-19(21)23-20-11-15(25(34)35)7-10-18(20)22-16(12-28-23)13-29-26(31-22)30-17-8-5-14(6-9-17)24(32)33/h1-11,13H,12H2,(H,32,33)(H,34,35)(H,29,30,31). The SMILES string of the molecule is O=C(O)c1ccc(Nc2ncc3c(n2)-c2ccc(C(=O)O)cc2C(c2ccccc2F)=NC3)cc1.